The second-order valence-electron chi connectivity index (χ2n) is 6.26. The van der Waals surface area contributed by atoms with Crippen LogP contribution in [-0.4, -0.2) is 47.7 Å². The number of ether oxygens (including phenoxy) is 1. The summed E-state index contributed by atoms with van der Waals surface area (Å²) in [4.78, 5) is 25.1. The van der Waals surface area contributed by atoms with Crippen LogP contribution >= 0.6 is 0 Å². The molecule has 1 saturated carbocycles. The Kier molecular flexibility index (Phi) is 4.60. The Balaban J connectivity index is 2.11. The molecular weight excluding hydrogens is 286 g/mol. The molecule has 22 heavy (non-hydrogen) atoms. The maximum atomic E-state index is 12.6. The maximum absolute atomic E-state index is 12.6. The van der Waals surface area contributed by atoms with E-state index in [1.165, 1.54) is 12.3 Å². The van der Waals surface area contributed by atoms with Gasteiger partial charge in [-0.1, -0.05) is 13.8 Å². The number of hydrogen-bond donors (Lipinski definition) is 1. The predicted molar refractivity (Wildman–Crippen MR) is 79.7 cm³/mol. The Morgan fingerprint density at radius 1 is 1.50 bits per heavy atom. The number of carbonyl (C=O) groups is 2. The molecule has 122 valence electrons. The molecule has 2 atom stereocenters. The van der Waals surface area contributed by atoms with E-state index in [9.17, 15) is 9.59 Å². The number of carboxylic acid groups (broad SMARTS) is 1. The Bertz CT molecular complexity index is 563. The second-order valence-corrected chi connectivity index (χ2v) is 6.26. The van der Waals surface area contributed by atoms with Crippen molar-refractivity contribution in [3.05, 3.63) is 23.7 Å². The molecule has 1 aromatic rings. The Labute approximate surface area is 130 Å². The Morgan fingerprint density at radius 3 is 2.73 bits per heavy atom. The number of rotatable bonds is 6. The molecule has 1 aliphatic rings. The smallest absolute Gasteiger partial charge is 0.311 e. The summed E-state index contributed by atoms with van der Waals surface area (Å²) < 4.78 is 10.8. The minimum atomic E-state index is -1.02. The summed E-state index contributed by atoms with van der Waals surface area (Å²) in [5, 5.41) is 8.87. The van der Waals surface area contributed by atoms with Crippen molar-refractivity contribution in [3.8, 4) is 0 Å². The van der Waals surface area contributed by atoms with Gasteiger partial charge in [-0.15, -0.1) is 0 Å². The van der Waals surface area contributed by atoms with Gasteiger partial charge in [-0.25, -0.2) is 0 Å². The molecule has 0 unspecified atom stereocenters. The number of furan rings is 1. The monoisotopic (exact) mass is 309 g/mol. The minimum absolute atomic E-state index is 0.0594. The van der Waals surface area contributed by atoms with Crippen LogP contribution in [-0.2, 0) is 16.0 Å². The van der Waals surface area contributed by atoms with E-state index >= 15 is 0 Å². The lowest BCUT2D eigenvalue weighted by molar-refractivity contribution is -0.136. The fourth-order valence-corrected chi connectivity index (χ4v) is 3.14. The molecule has 0 radical (unpaired) electrons. The standard InChI is InChI=1S/C16H23NO5/c1-5-21-13-9-12(16(13,2)3)17(4)15(20)10-6-7-22-11(10)8-14(18)19/h6-7,12-13H,5,8-9H2,1-4H3,(H,18,19)/t12-,13+/m1/s1. The molecule has 6 heteroatoms. The van der Waals surface area contributed by atoms with Gasteiger partial charge in [0.1, 0.15) is 12.2 Å². The van der Waals surface area contributed by atoms with Gasteiger partial charge in [0, 0.05) is 25.1 Å². The van der Waals surface area contributed by atoms with Crippen molar-refractivity contribution in [1.82, 2.24) is 4.90 Å². The normalized spacial score (nSPS) is 22.9. The Hall–Kier alpha value is -1.82. The molecule has 0 aliphatic heterocycles. The summed E-state index contributed by atoms with van der Waals surface area (Å²) in [6.07, 6.45) is 1.99. The molecular formula is C16H23NO5. The third-order valence-corrected chi connectivity index (χ3v) is 4.57. The van der Waals surface area contributed by atoms with Crippen LogP contribution in [0.3, 0.4) is 0 Å². The zero-order valence-electron chi connectivity index (χ0n) is 13.5. The molecule has 0 aromatic carbocycles. The number of nitrogens with zero attached hydrogens (tertiary/aromatic N) is 1. The lowest BCUT2D eigenvalue weighted by Gasteiger charge is -2.54. The van der Waals surface area contributed by atoms with E-state index < -0.39 is 5.97 Å². The largest absolute Gasteiger partial charge is 0.481 e. The predicted octanol–water partition coefficient (Wildman–Crippen LogP) is 2.18. The number of carbonyl (C=O) groups excluding carboxylic acids is 1. The highest BCUT2D eigenvalue weighted by molar-refractivity contribution is 5.96. The molecule has 1 fully saturated rings. The van der Waals surface area contributed by atoms with Crippen LogP contribution in [0.1, 0.15) is 43.3 Å². The molecule has 0 bridgehead atoms. The van der Waals surface area contributed by atoms with E-state index in [0.29, 0.717) is 12.2 Å². The topological polar surface area (TPSA) is 80.0 Å². The number of aliphatic carboxylic acids is 1. The first-order valence-electron chi connectivity index (χ1n) is 7.46. The fourth-order valence-electron chi connectivity index (χ4n) is 3.14. The third kappa shape index (κ3) is 2.88. The van der Waals surface area contributed by atoms with Gasteiger partial charge >= 0.3 is 5.97 Å². The molecule has 1 aromatic heterocycles. The van der Waals surface area contributed by atoms with Crippen LogP contribution in [0.25, 0.3) is 0 Å². The highest BCUT2D eigenvalue weighted by Crippen LogP contribution is 2.45. The van der Waals surface area contributed by atoms with Crippen molar-refractivity contribution in [1.29, 1.82) is 0 Å². The SMILES string of the molecule is CCO[C@H]1C[C@@H](N(C)C(=O)c2ccoc2CC(=O)O)C1(C)C. The van der Waals surface area contributed by atoms with Crippen LogP contribution in [0.15, 0.2) is 16.7 Å². The average Bonchev–Trinajstić information content (AvgIpc) is 2.88. The van der Waals surface area contributed by atoms with E-state index in [4.69, 9.17) is 14.3 Å². The quantitative estimate of drug-likeness (QED) is 0.871. The van der Waals surface area contributed by atoms with Crippen molar-refractivity contribution in [2.75, 3.05) is 13.7 Å². The van der Waals surface area contributed by atoms with E-state index in [-0.39, 0.29) is 35.6 Å². The molecule has 1 heterocycles. The van der Waals surface area contributed by atoms with Gasteiger partial charge in [0.25, 0.3) is 5.91 Å². The minimum Gasteiger partial charge on any atom is -0.481 e. The summed E-state index contributed by atoms with van der Waals surface area (Å²) >= 11 is 0. The first-order valence-corrected chi connectivity index (χ1v) is 7.46. The number of hydrogen-bond acceptors (Lipinski definition) is 4. The first-order chi connectivity index (χ1) is 10.3. The van der Waals surface area contributed by atoms with E-state index in [0.717, 1.165) is 6.42 Å². The van der Waals surface area contributed by atoms with Gasteiger partial charge in [-0.05, 0) is 19.4 Å². The maximum Gasteiger partial charge on any atom is 0.311 e. The summed E-state index contributed by atoms with van der Waals surface area (Å²) in [6.45, 7) is 6.78. The van der Waals surface area contributed by atoms with Gasteiger partial charge in [0.05, 0.1) is 17.9 Å². The number of carboxylic acids is 1. The van der Waals surface area contributed by atoms with Crippen molar-refractivity contribution in [2.24, 2.45) is 5.41 Å². The second kappa shape index (κ2) is 6.12. The highest BCUT2D eigenvalue weighted by Gasteiger charge is 2.52. The summed E-state index contributed by atoms with van der Waals surface area (Å²) in [5.41, 5.74) is 0.192. The summed E-state index contributed by atoms with van der Waals surface area (Å²) in [5.74, 6) is -1.03. The lowest BCUT2D eigenvalue weighted by atomic mass is 9.63. The molecule has 1 N–H and O–H groups in total. The first kappa shape index (κ1) is 16.5. The van der Waals surface area contributed by atoms with Crippen molar-refractivity contribution >= 4 is 11.9 Å². The highest BCUT2D eigenvalue weighted by atomic mass is 16.5. The van der Waals surface area contributed by atoms with Crippen LogP contribution in [0, 0.1) is 5.41 Å². The Morgan fingerprint density at radius 2 is 2.18 bits per heavy atom. The van der Waals surface area contributed by atoms with Crippen LogP contribution in [0.4, 0.5) is 0 Å². The van der Waals surface area contributed by atoms with E-state index in [2.05, 4.69) is 13.8 Å². The lowest BCUT2D eigenvalue weighted by Crippen LogP contribution is -2.62. The van der Waals surface area contributed by atoms with Crippen LogP contribution in [0.5, 0.6) is 0 Å². The van der Waals surface area contributed by atoms with Gasteiger partial charge in [0.2, 0.25) is 0 Å². The zero-order valence-corrected chi connectivity index (χ0v) is 13.5. The van der Waals surface area contributed by atoms with Gasteiger partial charge in [-0.3, -0.25) is 9.59 Å². The van der Waals surface area contributed by atoms with Crippen molar-refractivity contribution in [3.63, 3.8) is 0 Å². The van der Waals surface area contributed by atoms with E-state index in [1.807, 2.05) is 6.92 Å². The van der Waals surface area contributed by atoms with E-state index in [1.54, 1.807) is 11.9 Å². The van der Waals surface area contributed by atoms with Crippen LogP contribution in [0.2, 0.25) is 0 Å². The summed E-state index contributed by atoms with van der Waals surface area (Å²) in [7, 11) is 1.74. The average molecular weight is 309 g/mol. The molecule has 1 amide bonds. The fraction of sp³-hybridized carbons (Fsp3) is 0.625. The van der Waals surface area contributed by atoms with Crippen molar-refractivity contribution < 1.29 is 23.8 Å². The molecule has 0 spiro atoms. The third-order valence-electron chi connectivity index (χ3n) is 4.57. The summed E-state index contributed by atoms with van der Waals surface area (Å²) in [6, 6.07) is 1.59. The molecule has 2 rings (SSSR count). The molecule has 1 aliphatic carbocycles. The van der Waals surface area contributed by atoms with Gasteiger partial charge in [-0.2, -0.15) is 0 Å². The molecule has 0 saturated heterocycles. The zero-order chi connectivity index (χ0) is 16.5. The number of amides is 1. The van der Waals surface area contributed by atoms with Gasteiger partial charge in [0.15, 0.2) is 0 Å². The van der Waals surface area contributed by atoms with Crippen LogP contribution < -0.4 is 0 Å². The van der Waals surface area contributed by atoms with Crippen molar-refractivity contribution in [2.45, 2.75) is 45.8 Å². The molecule has 6 nitrogen and oxygen atoms in total. The van der Waals surface area contributed by atoms with Gasteiger partial charge < -0.3 is 19.2 Å².